The van der Waals surface area contributed by atoms with Crippen molar-refractivity contribution < 1.29 is 14.7 Å². The molecule has 0 heterocycles. The highest BCUT2D eigenvalue weighted by Crippen LogP contribution is 2.26. The largest absolute Gasteiger partial charge is 0.478 e. The van der Waals surface area contributed by atoms with Crippen LogP contribution in [0.25, 0.3) is 0 Å². The number of carbonyl (C=O) groups excluding carboxylic acids is 1. The van der Waals surface area contributed by atoms with Gasteiger partial charge in [-0.1, -0.05) is 29.8 Å². The Morgan fingerprint density at radius 2 is 1.81 bits per heavy atom. The van der Waals surface area contributed by atoms with Gasteiger partial charge in [0, 0.05) is 9.50 Å². The molecular formula is C15H11BrClNO3. The second-order valence-electron chi connectivity index (χ2n) is 4.32. The van der Waals surface area contributed by atoms with Crippen molar-refractivity contribution in [2.45, 2.75) is 6.42 Å². The van der Waals surface area contributed by atoms with E-state index in [1.807, 2.05) is 0 Å². The number of rotatable bonds is 4. The highest BCUT2D eigenvalue weighted by Gasteiger charge is 2.15. The Labute approximate surface area is 134 Å². The molecule has 2 aromatic carbocycles. The SMILES string of the molecule is O=C(Cc1ccc(Cl)cc1)Nc1c(Br)cccc1C(=O)O. The lowest BCUT2D eigenvalue weighted by atomic mass is 10.1. The summed E-state index contributed by atoms with van der Waals surface area (Å²) in [7, 11) is 0. The molecule has 2 rings (SSSR count). The van der Waals surface area contributed by atoms with Gasteiger partial charge in [-0.15, -0.1) is 0 Å². The van der Waals surface area contributed by atoms with Crippen LogP contribution in [0.15, 0.2) is 46.9 Å². The van der Waals surface area contributed by atoms with Gasteiger partial charge in [-0.05, 0) is 45.8 Å². The molecule has 4 nitrogen and oxygen atoms in total. The molecule has 0 unspecified atom stereocenters. The number of carboxylic acid groups (broad SMARTS) is 1. The van der Waals surface area contributed by atoms with E-state index in [1.54, 1.807) is 36.4 Å². The fraction of sp³-hybridized carbons (Fsp3) is 0.0667. The molecule has 0 aliphatic heterocycles. The molecule has 0 bridgehead atoms. The molecule has 0 radical (unpaired) electrons. The van der Waals surface area contributed by atoms with E-state index in [-0.39, 0.29) is 23.6 Å². The van der Waals surface area contributed by atoms with Gasteiger partial charge >= 0.3 is 5.97 Å². The second-order valence-corrected chi connectivity index (χ2v) is 5.61. The number of halogens is 2. The van der Waals surface area contributed by atoms with Gasteiger partial charge in [-0.2, -0.15) is 0 Å². The molecule has 108 valence electrons. The van der Waals surface area contributed by atoms with Crippen molar-refractivity contribution in [3.63, 3.8) is 0 Å². The van der Waals surface area contributed by atoms with Gasteiger partial charge < -0.3 is 10.4 Å². The third-order valence-electron chi connectivity index (χ3n) is 2.79. The minimum absolute atomic E-state index is 0.0360. The topological polar surface area (TPSA) is 66.4 Å². The Morgan fingerprint density at radius 3 is 2.43 bits per heavy atom. The van der Waals surface area contributed by atoms with Gasteiger partial charge in [0.05, 0.1) is 17.7 Å². The molecule has 0 spiro atoms. The molecule has 2 N–H and O–H groups in total. The van der Waals surface area contributed by atoms with Crippen LogP contribution in [0.5, 0.6) is 0 Å². The van der Waals surface area contributed by atoms with Crippen molar-refractivity contribution >= 4 is 45.1 Å². The summed E-state index contributed by atoms with van der Waals surface area (Å²) in [6, 6.07) is 11.6. The van der Waals surface area contributed by atoms with Crippen LogP contribution in [-0.2, 0) is 11.2 Å². The highest BCUT2D eigenvalue weighted by molar-refractivity contribution is 9.10. The summed E-state index contributed by atoms with van der Waals surface area (Å²) in [5, 5.41) is 12.4. The predicted molar refractivity (Wildman–Crippen MR) is 84.9 cm³/mol. The van der Waals surface area contributed by atoms with Crippen molar-refractivity contribution in [3.05, 3.63) is 63.1 Å². The zero-order chi connectivity index (χ0) is 15.4. The predicted octanol–water partition coefficient (Wildman–Crippen LogP) is 3.98. The number of benzene rings is 2. The van der Waals surface area contributed by atoms with E-state index in [0.29, 0.717) is 9.50 Å². The first-order valence-corrected chi connectivity index (χ1v) is 7.20. The van der Waals surface area contributed by atoms with Gasteiger partial charge in [-0.3, -0.25) is 4.79 Å². The van der Waals surface area contributed by atoms with E-state index in [0.717, 1.165) is 5.56 Å². The lowest BCUT2D eigenvalue weighted by molar-refractivity contribution is -0.115. The van der Waals surface area contributed by atoms with Crippen molar-refractivity contribution in [2.75, 3.05) is 5.32 Å². The first-order valence-electron chi connectivity index (χ1n) is 6.03. The standard InChI is InChI=1S/C15H11BrClNO3/c16-12-3-1-2-11(15(20)21)14(12)18-13(19)8-9-4-6-10(17)7-5-9/h1-7H,8H2,(H,18,19)(H,20,21). The number of carboxylic acids is 1. The van der Waals surface area contributed by atoms with Gasteiger partial charge in [0.2, 0.25) is 5.91 Å². The maximum atomic E-state index is 12.0. The van der Waals surface area contributed by atoms with E-state index in [2.05, 4.69) is 21.2 Å². The molecule has 2 aromatic rings. The summed E-state index contributed by atoms with van der Waals surface area (Å²) in [4.78, 5) is 23.2. The normalized spacial score (nSPS) is 10.2. The van der Waals surface area contributed by atoms with Crippen molar-refractivity contribution in [3.8, 4) is 0 Å². The van der Waals surface area contributed by atoms with Crippen LogP contribution in [0.2, 0.25) is 5.02 Å². The molecule has 0 aliphatic rings. The summed E-state index contributed by atoms with van der Waals surface area (Å²) in [5.74, 6) is -1.40. The van der Waals surface area contributed by atoms with Crippen LogP contribution in [0.3, 0.4) is 0 Å². The molecule has 1 amide bonds. The number of carbonyl (C=O) groups is 2. The average molecular weight is 369 g/mol. The Balaban J connectivity index is 2.16. The van der Waals surface area contributed by atoms with Crippen LogP contribution in [-0.4, -0.2) is 17.0 Å². The zero-order valence-corrected chi connectivity index (χ0v) is 13.1. The first-order chi connectivity index (χ1) is 9.97. The number of para-hydroxylation sites is 1. The quantitative estimate of drug-likeness (QED) is 0.858. The Bertz CT molecular complexity index is 686. The molecule has 0 aromatic heterocycles. The van der Waals surface area contributed by atoms with Gasteiger partial charge in [0.1, 0.15) is 0 Å². The lowest BCUT2D eigenvalue weighted by Gasteiger charge is -2.10. The van der Waals surface area contributed by atoms with Crippen molar-refractivity contribution in [1.82, 2.24) is 0 Å². The van der Waals surface area contributed by atoms with Crippen molar-refractivity contribution in [2.24, 2.45) is 0 Å². The van der Waals surface area contributed by atoms with E-state index >= 15 is 0 Å². The highest BCUT2D eigenvalue weighted by atomic mass is 79.9. The summed E-state index contributed by atoms with van der Waals surface area (Å²) < 4.78 is 0.520. The fourth-order valence-corrected chi connectivity index (χ4v) is 2.39. The monoisotopic (exact) mass is 367 g/mol. The van der Waals surface area contributed by atoms with Crippen LogP contribution in [0, 0.1) is 0 Å². The van der Waals surface area contributed by atoms with Crippen molar-refractivity contribution in [1.29, 1.82) is 0 Å². The number of anilines is 1. The lowest BCUT2D eigenvalue weighted by Crippen LogP contribution is -2.17. The Morgan fingerprint density at radius 1 is 1.14 bits per heavy atom. The number of aromatic carboxylic acids is 1. The number of hydrogen-bond acceptors (Lipinski definition) is 2. The van der Waals surface area contributed by atoms with Crippen LogP contribution in [0.4, 0.5) is 5.69 Å². The summed E-state index contributed by atoms with van der Waals surface area (Å²) in [5.41, 5.74) is 1.08. The molecule has 0 saturated heterocycles. The Kier molecular flexibility index (Phi) is 4.98. The number of hydrogen-bond donors (Lipinski definition) is 2. The number of amides is 1. The van der Waals surface area contributed by atoms with Gasteiger partial charge in [0.15, 0.2) is 0 Å². The van der Waals surface area contributed by atoms with E-state index in [4.69, 9.17) is 16.7 Å². The maximum absolute atomic E-state index is 12.0. The third kappa shape index (κ3) is 4.06. The molecule has 0 saturated carbocycles. The van der Waals surface area contributed by atoms with E-state index in [1.165, 1.54) is 6.07 Å². The molecule has 0 aliphatic carbocycles. The zero-order valence-electron chi connectivity index (χ0n) is 10.8. The maximum Gasteiger partial charge on any atom is 0.337 e. The molecule has 6 heteroatoms. The number of nitrogens with one attached hydrogen (secondary N) is 1. The molecule has 0 fully saturated rings. The fourth-order valence-electron chi connectivity index (χ4n) is 1.80. The van der Waals surface area contributed by atoms with E-state index in [9.17, 15) is 9.59 Å². The molecule has 21 heavy (non-hydrogen) atoms. The summed E-state index contributed by atoms with van der Waals surface area (Å²) >= 11 is 9.03. The summed E-state index contributed by atoms with van der Waals surface area (Å²) in [6.45, 7) is 0. The van der Waals surface area contributed by atoms with E-state index < -0.39 is 5.97 Å². The van der Waals surface area contributed by atoms with Gasteiger partial charge in [-0.25, -0.2) is 4.79 Å². The second kappa shape index (κ2) is 6.74. The van der Waals surface area contributed by atoms with Crippen LogP contribution in [0.1, 0.15) is 15.9 Å². The minimum Gasteiger partial charge on any atom is -0.478 e. The Hall–Kier alpha value is -1.85. The smallest absolute Gasteiger partial charge is 0.337 e. The van der Waals surface area contributed by atoms with Gasteiger partial charge in [0.25, 0.3) is 0 Å². The summed E-state index contributed by atoms with van der Waals surface area (Å²) in [6.07, 6.45) is 0.136. The first kappa shape index (κ1) is 15.5. The molecular weight excluding hydrogens is 358 g/mol. The minimum atomic E-state index is -1.10. The third-order valence-corrected chi connectivity index (χ3v) is 3.70. The average Bonchev–Trinajstić information content (AvgIpc) is 2.43. The van der Waals surface area contributed by atoms with Crippen LogP contribution < -0.4 is 5.32 Å². The molecule has 0 atom stereocenters. The van der Waals surface area contributed by atoms with Crippen LogP contribution >= 0.6 is 27.5 Å².